The predicted molar refractivity (Wildman–Crippen MR) is 90.8 cm³/mol. The Kier molecular flexibility index (Phi) is 4.21. The molecule has 0 atom stereocenters. The van der Waals surface area contributed by atoms with E-state index < -0.39 is 0 Å². The molecule has 0 saturated carbocycles. The van der Waals surface area contributed by atoms with Gasteiger partial charge in [0.2, 0.25) is 0 Å². The summed E-state index contributed by atoms with van der Waals surface area (Å²) in [7, 11) is 0. The summed E-state index contributed by atoms with van der Waals surface area (Å²) in [6, 6.07) is 12.8. The van der Waals surface area contributed by atoms with Crippen molar-refractivity contribution in [1.82, 2.24) is 4.90 Å². The highest BCUT2D eigenvalue weighted by Gasteiger charge is 2.24. The Morgan fingerprint density at radius 3 is 2.52 bits per heavy atom. The molecule has 0 unspecified atom stereocenters. The molecular formula is C20H14N4O. The Bertz CT molecular complexity index is 1000. The fourth-order valence-electron chi connectivity index (χ4n) is 3.13. The Balaban J connectivity index is 2.25. The molecule has 2 aromatic rings. The topological polar surface area (TPSA) is 91.7 Å². The Morgan fingerprint density at radius 1 is 1.08 bits per heavy atom. The third-order valence-electron chi connectivity index (χ3n) is 4.40. The Hall–Kier alpha value is -3.62. The monoisotopic (exact) mass is 326 g/mol. The zero-order chi connectivity index (χ0) is 18.0. The number of rotatable bonds is 3. The molecule has 120 valence electrons. The lowest BCUT2D eigenvalue weighted by molar-refractivity contribution is 0.0988. The fraction of sp³-hybridized carbons (Fsp3) is 0.200. The predicted octanol–water partition coefficient (Wildman–Crippen LogP) is 3.49. The molecule has 0 radical (unpaired) electrons. The maximum Gasteiger partial charge on any atom is 0.179 e. The van der Waals surface area contributed by atoms with Crippen molar-refractivity contribution in [2.75, 3.05) is 0 Å². The minimum atomic E-state index is 0.0200. The van der Waals surface area contributed by atoms with Crippen LogP contribution >= 0.6 is 0 Å². The molecular weight excluding hydrogens is 312 g/mol. The van der Waals surface area contributed by atoms with Crippen LogP contribution in [0.2, 0.25) is 0 Å². The molecule has 0 aliphatic carbocycles. The smallest absolute Gasteiger partial charge is 0.179 e. The van der Waals surface area contributed by atoms with E-state index in [-0.39, 0.29) is 5.78 Å². The van der Waals surface area contributed by atoms with Crippen molar-refractivity contribution < 1.29 is 4.79 Å². The van der Waals surface area contributed by atoms with Gasteiger partial charge in [0, 0.05) is 12.0 Å². The second-order valence-corrected chi connectivity index (χ2v) is 5.88. The first-order valence-corrected chi connectivity index (χ1v) is 7.89. The van der Waals surface area contributed by atoms with Crippen molar-refractivity contribution in [3.63, 3.8) is 0 Å². The summed E-state index contributed by atoms with van der Waals surface area (Å²) >= 11 is 0. The molecule has 0 bridgehead atoms. The van der Waals surface area contributed by atoms with E-state index in [4.69, 9.17) is 5.26 Å². The van der Waals surface area contributed by atoms with Crippen LogP contribution in [0.1, 0.15) is 46.0 Å². The van der Waals surface area contributed by atoms with E-state index in [1.54, 1.807) is 36.1 Å². The first kappa shape index (κ1) is 16.2. The molecule has 0 aromatic heterocycles. The van der Waals surface area contributed by atoms with Crippen molar-refractivity contribution in [3.8, 4) is 29.5 Å². The van der Waals surface area contributed by atoms with Gasteiger partial charge in [0.05, 0.1) is 36.4 Å². The zero-order valence-corrected chi connectivity index (χ0v) is 13.7. The molecule has 2 aromatic carbocycles. The van der Waals surface area contributed by atoms with E-state index >= 15 is 0 Å². The number of benzene rings is 2. The standard InChI is InChI=1S/C20H14N4O/c1-2-20(25)14-6-16-10-24(12-23)11-19(16)18(7-14)17-4-3-13(8-21)5-15(17)9-22/h3-7H,2,10-11H2,1H3. The molecule has 25 heavy (non-hydrogen) atoms. The summed E-state index contributed by atoms with van der Waals surface area (Å²) in [5, 5.41) is 27.7. The van der Waals surface area contributed by atoms with Gasteiger partial charge in [0.1, 0.15) is 0 Å². The van der Waals surface area contributed by atoms with Crippen LogP contribution in [-0.2, 0) is 13.1 Å². The molecule has 0 fully saturated rings. The van der Waals surface area contributed by atoms with Crippen LogP contribution in [0.4, 0.5) is 0 Å². The molecule has 3 rings (SSSR count). The minimum Gasteiger partial charge on any atom is -0.302 e. The van der Waals surface area contributed by atoms with Gasteiger partial charge in [-0.1, -0.05) is 13.0 Å². The van der Waals surface area contributed by atoms with Gasteiger partial charge >= 0.3 is 0 Å². The number of hydrogen-bond donors (Lipinski definition) is 0. The van der Waals surface area contributed by atoms with Gasteiger partial charge < -0.3 is 4.90 Å². The summed E-state index contributed by atoms with van der Waals surface area (Å²) in [5.74, 6) is 0.0200. The highest BCUT2D eigenvalue weighted by atomic mass is 16.1. The molecule has 0 spiro atoms. The first-order chi connectivity index (χ1) is 12.1. The average molecular weight is 326 g/mol. The van der Waals surface area contributed by atoms with Crippen LogP contribution in [0.15, 0.2) is 30.3 Å². The maximum atomic E-state index is 12.2. The van der Waals surface area contributed by atoms with Crippen LogP contribution in [0, 0.1) is 34.1 Å². The van der Waals surface area contributed by atoms with Crippen LogP contribution in [0.5, 0.6) is 0 Å². The summed E-state index contributed by atoms with van der Waals surface area (Å²) in [6.45, 7) is 2.72. The van der Waals surface area contributed by atoms with Crippen molar-refractivity contribution in [2.45, 2.75) is 26.4 Å². The molecule has 5 nitrogen and oxygen atoms in total. The Labute approximate surface area is 146 Å². The van der Waals surface area contributed by atoms with Gasteiger partial charge in [-0.25, -0.2) is 0 Å². The molecule has 0 amide bonds. The van der Waals surface area contributed by atoms with Gasteiger partial charge in [0.25, 0.3) is 0 Å². The highest BCUT2D eigenvalue weighted by Crippen LogP contribution is 2.36. The normalized spacial score (nSPS) is 12.0. The second kappa shape index (κ2) is 6.48. The molecule has 1 aliphatic rings. The molecule has 1 heterocycles. The summed E-state index contributed by atoms with van der Waals surface area (Å²) in [5.41, 5.74) is 4.74. The third-order valence-corrected chi connectivity index (χ3v) is 4.40. The molecule has 5 heteroatoms. The largest absolute Gasteiger partial charge is 0.302 e. The van der Waals surface area contributed by atoms with Crippen molar-refractivity contribution in [3.05, 3.63) is 58.1 Å². The third kappa shape index (κ3) is 2.82. The second-order valence-electron chi connectivity index (χ2n) is 5.88. The van der Waals surface area contributed by atoms with Gasteiger partial charge in [-0.15, -0.1) is 0 Å². The van der Waals surface area contributed by atoms with E-state index in [1.165, 1.54) is 0 Å². The summed E-state index contributed by atoms with van der Waals surface area (Å²) in [4.78, 5) is 13.8. The van der Waals surface area contributed by atoms with Gasteiger partial charge in [-0.05, 0) is 46.5 Å². The van der Waals surface area contributed by atoms with E-state index in [0.29, 0.717) is 41.8 Å². The molecule has 0 N–H and O–H groups in total. The van der Waals surface area contributed by atoms with E-state index in [9.17, 15) is 15.3 Å². The average Bonchev–Trinajstić information content (AvgIpc) is 3.09. The highest BCUT2D eigenvalue weighted by molar-refractivity contribution is 5.98. The fourth-order valence-corrected chi connectivity index (χ4v) is 3.13. The lowest BCUT2D eigenvalue weighted by atomic mass is 9.90. The summed E-state index contributed by atoms with van der Waals surface area (Å²) < 4.78 is 0. The quantitative estimate of drug-likeness (QED) is 0.636. The van der Waals surface area contributed by atoms with Crippen LogP contribution in [-0.4, -0.2) is 10.7 Å². The van der Waals surface area contributed by atoms with Crippen molar-refractivity contribution >= 4 is 5.78 Å². The number of nitrogens with zero attached hydrogens (tertiary/aromatic N) is 4. The molecule has 1 aliphatic heterocycles. The first-order valence-electron chi connectivity index (χ1n) is 7.89. The zero-order valence-electron chi connectivity index (χ0n) is 13.7. The van der Waals surface area contributed by atoms with Crippen molar-refractivity contribution in [1.29, 1.82) is 15.8 Å². The van der Waals surface area contributed by atoms with Crippen LogP contribution < -0.4 is 0 Å². The maximum absolute atomic E-state index is 12.2. The molecule has 0 saturated heterocycles. The summed E-state index contributed by atoms with van der Waals surface area (Å²) in [6.07, 6.45) is 2.53. The number of fused-ring (bicyclic) bond motifs is 1. The number of hydrogen-bond acceptors (Lipinski definition) is 5. The lowest BCUT2D eigenvalue weighted by Gasteiger charge is -2.12. The van der Waals surface area contributed by atoms with E-state index in [0.717, 1.165) is 16.7 Å². The van der Waals surface area contributed by atoms with Gasteiger partial charge in [0.15, 0.2) is 12.0 Å². The SMILES string of the molecule is CCC(=O)c1cc2c(c(-c3ccc(C#N)cc3C#N)c1)CN(C#N)C2. The lowest BCUT2D eigenvalue weighted by Crippen LogP contribution is -2.07. The number of Topliss-reactive ketones (excluding diaryl/α,β-unsaturated/α-hetero) is 1. The number of nitriles is 3. The Morgan fingerprint density at radius 2 is 1.88 bits per heavy atom. The minimum absolute atomic E-state index is 0.0200. The van der Waals surface area contributed by atoms with Crippen LogP contribution in [0.3, 0.4) is 0 Å². The van der Waals surface area contributed by atoms with E-state index in [2.05, 4.69) is 12.3 Å². The van der Waals surface area contributed by atoms with E-state index in [1.807, 2.05) is 12.1 Å². The van der Waals surface area contributed by atoms with Crippen molar-refractivity contribution in [2.24, 2.45) is 0 Å². The van der Waals surface area contributed by atoms with Gasteiger partial charge in [-0.2, -0.15) is 15.8 Å². The van der Waals surface area contributed by atoms with Gasteiger partial charge in [-0.3, -0.25) is 4.79 Å². The number of ketones is 1. The number of carbonyl (C=O) groups is 1. The van der Waals surface area contributed by atoms with Crippen LogP contribution in [0.25, 0.3) is 11.1 Å². The number of carbonyl (C=O) groups excluding carboxylic acids is 1.